The van der Waals surface area contributed by atoms with E-state index in [1.54, 1.807) is 0 Å². The van der Waals surface area contributed by atoms with E-state index < -0.39 is 0 Å². The normalized spacial score (nSPS) is 43.9. The van der Waals surface area contributed by atoms with Gasteiger partial charge in [-0.25, -0.2) is 0 Å². The molecule has 4 fully saturated rings. The number of nitrogens with zero attached hydrogens (tertiary/aromatic N) is 1. The maximum atomic E-state index is 13.4. The van der Waals surface area contributed by atoms with Crippen molar-refractivity contribution in [3.63, 3.8) is 0 Å². The Balaban J connectivity index is 1.39. The molecule has 0 aromatic carbocycles. The summed E-state index contributed by atoms with van der Waals surface area (Å²) in [5.74, 6) is 2.03. The monoisotopic (exact) mass is 432 g/mol. The molecule has 4 aliphatic rings. The highest BCUT2D eigenvalue weighted by molar-refractivity contribution is 5.81. The lowest BCUT2D eigenvalue weighted by molar-refractivity contribution is -0.149. The van der Waals surface area contributed by atoms with Crippen molar-refractivity contribution in [3.05, 3.63) is 0 Å². The molecule has 0 bridgehead atoms. The van der Waals surface area contributed by atoms with Gasteiger partial charge in [0.25, 0.3) is 0 Å². The van der Waals surface area contributed by atoms with Gasteiger partial charge in [-0.3, -0.25) is 14.9 Å². The van der Waals surface area contributed by atoms with Crippen molar-refractivity contribution in [3.8, 4) is 0 Å². The van der Waals surface area contributed by atoms with Crippen LogP contribution in [-0.4, -0.2) is 54.6 Å². The Kier molecular flexibility index (Phi) is 7.27. The number of amides is 2. The molecule has 1 aliphatic carbocycles. The van der Waals surface area contributed by atoms with Crippen LogP contribution in [0, 0.1) is 29.6 Å². The van der Waals surface area contributed by atoms with E-state index >= 15 is 0 Å². The Hall–Kier alpha value is -1.14. The van der Waals surface area contributed by atoms with Crippen LogP contribution in [-0.2, 0) is 9.59 Å². The van der Waals surface area contributed by atoms with Crippen LogP contribution in [0.4, 0.5) is 0 Å². The number of piperidine rings is 3. The fraction of sp³-hybridized carbons (Fsp3) is 0.920. The second kappa shape index (κ2) is 9.78. The number of carbonyl (C=O) groups excluding carboxylic acids is 2. The smallest absolute Gasteiger partial charge is 0.225 e. The van der Waals surface area contributed by atoms with Crippen molar-refractivity contribution >= 4 is 11.8 Å². The van der Waals surface area contributed by atoms with Gasteiger partial charge in [0.2, 0.25) is 11.8 Å². The predicted octanol–water partition coefficient (Wildman–Crippen LogP) is 2.88. The first-order chi connectivity index (χ1) is 14.9. The van der Waals surface area contributed by atoms with Gasteiger partial charge in [0, 0.05) is 43.6 Å². The molecule has 0 aromatic heterocycles. The van der Waals surface area contributed by atoms with E-state index in [1.807, 2.05) is 7.05 Å². The Morgan fingerprint density at radius 1 is 1.13 bits per heavy atom. The zero-order valence-corrected chi connectivity index (χ0v) is 20.0. The number of fused-ring (bicyclic) bond motifs is 1. The van der Waals surface area contributed by atoms with E-state index in [0.717, 1.165) is 51.5 Å². The number of carbonyl (C=O) groups is 2. The second-order valence-corrected chi connectivity index (χ2v) is 11.1. The van der Waals surface area contributed by atoms with Crippen LogP contribution in [0.25, 0.3) is 0 Å². The SMILES string of the molecule is CCC1CCCC(NC(=O)C2CCC(C)C(C3CC4CNC(C)CC4N(C)C3=O)C2)N1. The van der Waals surface area contributed by atoms with E-state index in [1.165, 1.54) is 12.8 Å². The summed E-state index contributed by atoms with van der Waals surface area (Å²) in [5, 5.41) is 10.5. The zero-order valence-electron chi connectivity index (χ0n) is 20.0. The van der Waals surface area contributed by atoms with Gasteiger partial charge in [0.15, 0.2) is 0 Å². The molecular weight excluding hydrogens is 388 g/mol. The van der Waals surface area contributed by atoms with Gasteiger partial charge in [-0.2, -0.15) is 0 Å². The lowest BCUT2D eigenvalue weighted by Gasteiger charge is -2.50. The molecule has 3 aliphatic heterocycles. The highest BCUT2D eigenvalue weighted by Crippen LogP contribution is 2.44. The fourth-order valence-corrected chi connectivity index (χ4v) is 6.95. The molecule has 2 amide bonds. The number of likely N-dealkylation sites (tertiary alicyclic amines) is 1. The molecule has 0 spiro atoms. The van der Waals surface area contributed by atoms with Gasteiger partial charge in [-0.1, -0.05) is 13.8 Å². The van der Waals surface area contributed by atoms with Crippen LogP contribution >= 0.6 is 0 Å². The summed E-state index contributed by atoms with van der Waals surface area (Å²) in [6.07, 6.45) is 9.54. The van der Waals surface area contributed by atoms with Crippen molar-refractivity contribution in [1.82, 2.24) is 20.9 Å². The van der Waals surface area contributed by atoms with Crippen LogP contribution in [0.5, 0.6) is 0 Å². The van der Waals surface area contributed by atoms with E-state index in [4.69, 9.17) is 0 Å². The van der Waals surface area contributed by atoms with Gasteiger partial charge >= 0.3 is 0 Å². The molecule has 3 N–H and O–H groups in total. The fourth-order valence-electron chi connectivity index (χ4n) is 6.95. The number of hydrogen-bond acceptors (Lipinski definition) is 4. The molecular formula is C25H44N4O2. The van der Waals surface area contributed by atoms with Crippen LogP contribution < -0.4 is 16.0 Å². The topological polar surface area (TPSA) is 73.5 Å². The quantitative estimate of drug-likeness (QED) is 0.639. The molecule has 9 atom stereocenters. The minimum Gasteiger partial charge on any atom is -0.342 e. The molecule has 6 heteroatoms. The molecule has 1 saturated carbocycles. The van der Waals surface area contributed by atoms with E-state index in [2.05, 4.69) is 41.6 Å². The largest absolute Gasteiger partial charge is 0.342 e. The molecule has 0 radical (unpaired) electrons. The van der Waals surface area contributed by atoms with Crippen LogP contribution in [0.15, 0.2) is 0 Å². The Bertz CT molecular complexity index is 655. The molecule has 3 heterocycles. The Morgan fingerprint density at radius 3 is 2.71 bits per heavy atom. The average molecular weight is 433 g/mol. The summed E-state index contributed by atoms with van der Waals surface area (Å²) in [6.45, 7) is 7.74. The van der Waals surface area contributed by atoms with E-state index in [-0.39, 0.29) is 23.9 Å². The number of nitrogens with one attached hydrogen (secondary N) is 3. The van der Waals surface area contributed by atoms with Crippen molar-refractivity contribution in [2.45, 2.75) is 103 Å². The van der Waals surface area contributed by atoms with Crippen molar-refractivity contribution in [2.75, 3.05) is 13.6 Å². The zero-order chi connectivity index (χ0) is 22.1. The maximum absolute atomic E-state index is 13.4. The molecule has 176 valence electrons. The van der Waals surface area contributed by atoms with E-state index in [9.17, 15) is 9.59 Å². The molecule has 0 aromatic rings. The average Bonchev–Trinajstić information content (AvgIpc) is 2.77. The summed E-state index contributed by atoms with van der Waals surface area (Å²) >= 11 is 0. The molecule has 6 nitrogen and oxygen atoms in total. The number of rotatable bonds is 4. The summed E-state index contributed by atoms with van der Waals surface area (Å²) < 4.78 is 0. The minimum atomic E-state index is 0.0466. The first kappa shape index (κ1) is 23.0. The lowest BCUT2D eigenvalue weighted by atomic mass is 9.64. The van der Waals surface area contributed by atoms with Crippen molar-refractivity contribution < 1.29 is 9.59 Å². The summed E-state index contributed by atoms with van der Waals surface area (Å²) in [7, 11) is 2.01. The van der Waals surface area contributed by atoms with Gasteiger partial charge in [-0.05, 0) is 82.5 Å². The third-order valence-corrected chi connectivity index (χ3v) is 9.02. The second-order valence-electron chi connectivity index (χ2n) is 11.1. The summed E-state index contributed by atoms with van der Waals surface area (Å²) in [4.78, 5) is 28.6. The summed E-state index contributed by atoms with van der Waals surface area (Å²) in [5.41, 5.74) is 0. The molecule has 9 unspecified atom stereocenters. The first-order valence-electron chi connectivity index (χ1n) is 12.9. The highest BCUT2D eigenvalue weighted by Gasteiger charge is 2.47. The van der Waals surface area contributed by atoms with Gasteiger partial charge in [0.05, 0.1) is 6.17 Å². The van der Waals surface area contributed by atoms with E-state index in [0.29, 0.717) is 41.8 Å². The molecule has 3 saturated heterocycles. The summed E-state index contributed by atoms with van der Waals surface area (Å²) in [6, 6.07) is 1.38. The maximum Gasteiger partial charge on any atom is 0.225 e. The van der Waals surface area contributed by atoms with Crippen molar-refractivity contribution in [1.29, 1.82) is 0 Å². The van der Waals surface area contributed by atoms with Crippen LogP contribution in [0.2, 0.25) is 0 Å². The van der Waals surface area contributed by atoms with Crippen LogP contribution in [0.1, 0.15) is 78.6 Å². The Morgan fingerprint density at radius 2 is 1.94 bits per heavy atom. The van der Waals surface area contributed by atoms with Crippen LogP contribution in [0.3, 0.4) is 0 Å². The molecule has 31 heavy (non-hydrogen) atoms. The molecule has 4 rings (SSSR count). The van der Waals surface area contributed by atoms with Crippen molar-refractivity contribution in [2.24, 2.45) is 29.6 Å². The third kappa shape index (κ3) is 4.95. The highest BCUT2D eigenvalue weighted by atomic mass is 16.2. The Labute approximate surface area is 188 Å². The lowest BCUT2D eigenvalue weighted by Crippen LogP contribution is -2.60. The number of hydrogen-bond donors (Lipinski definition) is 3. The predicted molar refractivity (Wildman–Crippen MR) is 123 cm³/mol. The van der Waals surface area contributed by atoms with Gasteiger partial charge < -0.3 is 15.5 Å². The standard InChI is InChI=1S/C25H44N4O2/c1-5-19-7-6-8-23(27-19)28-24(30)17-10-9-15(2)20(12-17)21-13-18-14-26-16(3)11-22(18)29(4)25(21)31/h15-23,26-27H,5-14H2,1-4H3,(H,28,30). The van der Waals surface area contributed by atoms with Gasteiger partial charge in [0.1, 0.15) is 0 Å². The minimum absolute atomic E-state index is 0.0466. The van der Waals surface area contributed by atoms with Gasteiger partial charge in [-0.15, -0.1) is 0 Å². The third-order valence-electron chi connectivity index (χ3n) is 9.02. The first-order valence-corrected chi connectivity index (χ1v) is 12.9.